The van der Waals surface area contributed by atoms with Crippen molar-refractivity contribution in [2.45, 2.75) is 52.5 Å². The highest BCUT2D eigenvalue weighted by Gasteiger charge is 2.22. The van der Waals surface area contributed by atoms with Crippen LogP contribution in [0.15, 0.2) is 12.3 Å². The van der Waals surface area contributed by atoms with Crippen molar-refractivity contribution in [1.82, 2.24) is 9.78 Å². The number of hydrogen-bond acceptors (Lipinski definition) is 1. The number of aryl methyl sites for hydroxylation is 2. The number of rotatable bonds is 4. The molecule has 0 N–H and O–H groups in total. The van der Waals surface area contributed by atoms with Gasteiger partial charge in [-0.3, -0.25) is 4.68 Å². The first-order chi connectivity index (χ1) is 6.95. The number of nitrogens with zero attached hydrogens (tertiary/aromatic N) is 2. The van der Waals surface area contributed by atoms with Crippen LogP contribution in [0.2, 0.25) is 0 Å². The number of aromatic nitrogens is 2. The summed E-state index contributed by atoms with van der Waals surface area (Å²) in [6.45, 7) is 9.59. The Bertz CT molecular complexity index is 299. The van der Waals surface area contributed by atoms with Crippen molar-refractivity contribution in [2.75, 3.05) is 0 Å². The molecule has 1 heterocycles. The Morgan fingerprint density at radius 2 is 2.13 bits per heavy atom. The van der Waals surface area contributed by atoms with E-state index in [1.807, 2.05) is 10.9 Å². The molecule has 0 saturated carbocycles. The monoisotopic (exact) mass is 228 g/mol. The second-order valence-corrected chi connectivity index (χ2v) is 5.54. The standard InChI is InChI=1S/C12H21ClN2/c1-5-15-10(8-9-14-15)6-7-11(13)12(2,3)4/h8-9,11H,5-7H2,1-4H3. The molecule has 1 unspecified atom stereocenters. The van der Waals surface area contributed by atoms with E-state index >= 15 is 0 Å². The Balaban J connectivity index is 2.50. The summed E-state index contributed by atoms with van der Waals surface area (Å²) >= 11 is 6.34. The molecule has 1 rings (SSSR count). The van der Waals surface area contributed by atoms with E-state index in [0.29, 0.717) is 0 Å². The molecule has 0 saturated heterocycles. The smallest absolute Gasteiger partial charge is 0.0492 e. The van der Waals surface area contributed by atoms with E-state index in [0.717, 1.165) is 19.4 Å². The van der Waals surface area contributed by atoms with Gasteiger partial charge in [0.25, 0.3) is 0 Å². The predicted octanol–water partition coefficient (Wildman–Crippen LogP) is 3.49. The van der Waals surface area contributed by atoms with Gasteiger partial charge in [0.2, 0.25) is 0 Å². The molecule has 86 valence electrons. The van der Waals surface area contributed by atoms with Gasteiger partial charge in [-0.15, -0.1) is 11.6 Å². The van der Waals surface area contributed by atoms with Gasteiger partial charge < -0.3 is 0 Å². The van der Waals surface area contributed by atoms with Crippen LogP contribution in [-0.2, 0) is 13.0 Å². The Hall–Kier alpha value is -0.500. The summed E-state index contributed by atoms with van der Waals surface area (Å²) in [5.41, 5.74) is 1.46. The van der Waals surface area contributed by atoms with Crippen molar-refractivity contribution in [3.8, 4) is 0 Å². The van der Waals surface area contributed by atoms with E-state index in [1.165, 1.54) is 5.69 Å². The van der Waals surface area contributed by atoms with E-state index in [4.69, 9.17) is 11.6 Å². The van der Waals surface area contributed by atoms with E-state index in [1.54, 1.807) is 0 Å². The first-order valence-electron chi connectivity index (χ1n) is 5.60. The molecule has 0 bridgehead atoms. The lowest BCUT2D eigenvalue weighted by Gasteiger charge is -2.25. The predicted molar refractivity (Wildman–Crippen MR) is 65.3 cm³/mol. The van der Waals surface area contributed by atoms with Crippen LogP contribution in [0.25, 0.3) is 0 Å². The Morgan fingerprint density at radius 3 is 2.67 bits per heavy atom. The van der Waals surface area contributed by atoms with Gasteiger partial charge in [-0.1, -0.05) is 20.8 Å². The molecule has 1 aromatic rings. The molecule has 1 aromatic heterocycles. The molecule has 0 fully saturated rings. The zero-order valence-electron chi connectivity index (χ0n) is 10.1. The van der Waals surface area contributed by atoms with Gasteiger partial charge in [0.1, 0.15) is 0 Å². The van der Waals surface area contributed by atoms with Gasteiger partial charge in [-0.25, -0.2) is 0 Å². The largest absolute Gasteiger partial charge is 0.270 e. The normalized spacial score (nSPS) is 14.2. The maximum atomic E-state index is 6.34. The molecule has 0 aliphatic carbocycles. The lowest BCUT2D eigenvalue weighted by molar-refractivity contribution is 0.371. The quantitative estimate of drug-likeness (QED) is 0.722. The van der Waals surface area contributed by atoms with Gasteiger partial charge in [-0.05, 0) is 31.2 Å². The molecule has 0 radical (unpaired) electrons. The molecule has 15 heavy (non-hydrogen) atoms. The summed E-state index contributed by atoms with van der Waals surface area (Å²) in [5.74, 6) is 0. The van der Waals surface area contributed by atoms with Gasteiger partial charge >= 0.3 is 0 Å². The zero-order valence-corrected chi connectivity index (χ0v) is 10.9. The fraction of sp³-hybridized carbons (Fsp3) is 0.750. The summed E-state index contributed by atoms with van der Waals surface area (Å²) < 4.78 is 2.03. The Kier molecular flexibility index (Phi) is 4.21. The van der Waals surface area contributed by atoms with Crippen molar-refractivity contribution in [1.29, 1.82) is 0 Å². The summed E-state index contributed by atoms with van der Waals surface area (Å²) in [5, 5.41) is 4.47. The van der Waals surface area contributed by atoms with Gasteiger partial charge in [0, 0.05) is 23.8 Å². The molecular weight excluding hydrogens is 208 g/mol. The molecule has 2 nitrogen and oxygen atoms in total. The van der Waals surface area contributed by atoms with Crippen molar-refractivity contribution < 1.29 is 0 Å². The molecule has 3 heteroatoms. The number of hydrogen-bond donors (Lipinski definition) is 0. The summed E-state index contributed by atoms with van der Waals surface area (Å²) in [6.07, 6.45) is 3.88. The lowest BCUT2D eigenvalue weighted by atomic mass is 9.89. The average molecular weight is 229 g/mol. The van der Waals surface area contributed by atoms with Crippen molar-refractivity contribution in [2.24, 2.45) is 5.41 Å². The minimum atomic E-state index is 0.179. The third kappa shape index (κ3) is 3.53. The second kappa shape index (κ2) is 5.02. The highest BCUT2D eigenvalue weighted by Crippen LogP contribution is 2.28. The van der Waals surface area contributed by atoms with Gasteiger partial charge in [0.05, 0.1) is 0 Å². The van der Waals surface area contributed by atoms with E-state index < -0.39 is 0 Å². The third-order valence-corrected chi connectivity index (χ3v) is 3.57. The van der Waals surface area contributed by atoms with E-state index in [9.17, 15) is 0 Å². The van der Waals surface area contributed by atoms with Crippen molar-refractivity contribution >= 4 is 11.6 Å². The van der Waals surface area contributed by atoms with Crippen LogP contribution in [0.1, 0.15) is 39.8 Å². The minimum Gasteiger partial charge on any atom is -0.270 e. The van der Waals surface area contributed by atoms with Crippen LogP contribution in [-0.4, -0.2) is 15.2 Å². The fourth-order valence-corrected chi connectivity index (χ4v) is 1.67. The SMILES string of the molecule is CCn1nccc1CCC(Cl)C(C)(C)C. The fourth-order valence-electron chi connectivity index (χ4n) is 1.56. The first-order valence-corrected chi connectivity index (χ1v) is 6.03. The van der Waals surface area contributed by atoms with E-state index in [-0.39, 0.29) is 10.8 Å². The van der Waals surface area contributed by atoms with Crippen molar-refractivity contribution in [3.05, 3.63) is 18.0 Å². The average Bonchev–Trinajstić information content (AvgIpc) is 2.59. The topological polar surface area (TPSA) is 17.8 Å². The Morgan fingerprint density at radius 1 is 1.47 bits per heavy atom. The highest BCUT2D eigenvalue weighted by molar-refractivity contribution is 6.21. The summed E-state index contributed by atoms with van der Waals surface area (Å²) in [7, 11) is 0. The van der Waals surface area contributed by atoms with Crippen LogP contribution in [0.4, 0.5) is 0 Å². The molecule has 0 aromatic carbocycles. The van der Waals surface area contributed by atoms with Crippen LogP contribution in [0.3, 0.4) is 0 Å². The van der Waals surface area contributed by atoms with E-state index in [2.05, 4.69) is 38.9 Å². The number of halogens is 1. The second-order valence-electron chi connectivity index (χ2n) is 5.01. The van der Waals surface area contributed by atoms with Crippen LogP contribution < -0.4 is 0 Å². The molecule has 0 aliphatic heterocycles. The summed E-state index contributed by atoms with van der Waals surface area (Å²) in [6, 6.07) is 2.08. The highest BCUT2D eigenvalue weighted by atomic mass is 35.5. The molecule has 0 aliphatic rings. The maximum Gasteiger partial charge on any atom is 0.0492 e. The van der Waals surface area contributed by atoms with Crippen molar-refractivity contribution in [3.63, 3.8) is 0 Å². The first kappa shape index (κ1) is 12.6. The zero-order chi connectivity index (χ0) is 11.5. The molecule has 0 spiro atoms. The van der Waals surface area contributed by atoms with Crippen LogP contribution in [0, 0.1) is 5.41 Å². The van der Waals surface area contributed by atoms with Crippen LogP contribution >= 0.6 is 11.6 Å². The minimum absolute atomic E-state index is 0.179. The molecule has 0 amide bonds. The lowest BCUT2D eigenvalue weighted by Crippen LogP contribution is -2.21. The van der Waals surface area contributed by atoms with Gasteiger partial charge in [-0.2, -0.15) is 5.10 Å². The third-order valence-electron chi connectivity index (χ3n) is 2.70. The molecular formula is C12H21ClN2. The maximum absolute atomic E-state index is 6.34. The Labute approximate surface area is 97.6 Å². The number of alkyl halides is 1. The van der Waals surface area contributed by atoms with Gasteiger partial charge in [0.15, 0.2) is 0 Å². The summed E-state index contributed by atoms with van der Waals surface area (Å²) in [4.78, 5) is 0. The van der Waals surface area contributed by atoms with Crippen LogP contribution in [0.5, 0.6) is 0 Å². The molecule has 1 atom stereocenters.